The van der Waals surface area contributed by atoms with Gasteiger partial charge in [-0.3, -0.25) is 9.78 Å². The van der Waals surface area contributed by atoms with Crippen LogP contribution in [-0.4, -0.2) is 20.9 Å². The van der Waals surface area contributed by atoms with Crippen molar-refractivity contribution in [3.63, 3.8) is 0 Å². The first kappa shape index (κ1) is 20.3. The number of aryl methyl sites for hydroxylation is 1. The summed E-state index contributed by atoms with van der Waals surface area (Å²) in [5.74, 6) is -0.247. The second kappa shape index (κ2) is 8.81. The zero-order chi connectivity index (χ0) is 21.1. The van der Waals surface area contributed by atoms with Gasteiger partial charge in [0, 0.05) is 29.7 Å². The van der Waals surface area contributed by atoms with Crippen molar-refractivity contribution in [1.29, 1.82) is 0 Å². The summed E-state index contributed by atoms with van der Waals surface area (Å²) in [5, 5.41) is 4.15. The number of anilines is 1. The molecule has 4 aromatic rings. The zero-order valence-corrected chi connectivity index (χ0v) is 17.3. The molecule has 0 aliphatic rings. The first-order valence-electron chi connectivity index (χ1n) is 9.33. The molecule has 8 heteroatoms. The van der Waals surface area contributed by atoms with Crippen LogP contribution < -0.4 is 5.32 Å². The van der Waals surface area contributed by atoms with Gasteiger partial charge in [0.1, 0.15) is 5.82 Å². The molecular weight excluding hydrogens is 426 g/mol. The Morgan fingerprint density at radius 1 is 1.13 bits per heavy atom. The SMILES string of the molecule is O=C(CCCc1c(-c2ccccn2)[nH]c2ccc(F)cc12)Nc1ncc(Cl)cc1Cl. The molecule has 0 aliphatic carbocycles. The van der Waals surface area contributed by atoms with Crippen LogP contribution in [0.25, 0.3) is 22.3 Å². The number of carbonyl (C=O) groups is 1. The Labute approximate surface area is 182 Å². The van der Waals surface area contributed by atoms with Gasteiger partial charge in [-0.05, 0) is 54.8 Å². The fourth-order valence-corrected chi connectivity index (χ4v) is 3.76. The number of H-pyrrole nitrogens is 1. The molecule has 3 aromatic heterocycles. The minimum absolute atomic E-state index is 0.211. The van der Waals surface area contributed by atoms with Gasteiger partial charge in [0.2, 0.25) is 5.91 Å². The van der Waals surface area contributed by atoms with Crippen molar-refractivity contribution in [3.05, 3.63) is 76.3 Å². The number of rotatable bonds is 6. The molecule has 152 valence electrons. The molecule has 0 atom stereocenters. The predicted molar refractivity (Wildman–Crippen MR) is 117 cm³/mol. The van der Waals surface area contributed by atoms with Crippen molar-refractivity contribution in [2.45, 2.75) is 19.3 Å². The highest BCUT2D eigenvalue weighted by Gasteiger charge is 2.15. The smallest absolute Gasteiger partial charge is 0.225 e. The van der Waals surface area contributed by atoms with Gasteiger partial charge in [-0.2, -0.15) is 0 Å². The standard InChI is InChI=1S/C22H17Cl2FN4O/c23-13-10-17(24)22(27-12-13)29-20(30)6-3-4-15-16-11-14(25)7-8-18(16)28-21(15)19-5-1-2-9-26-19/h1-2,5,7-12,28H,3-4,6H2,(H,27,29,30). The van der Waals surface area contributed by atoms with Crippen LogP contribution >= 0.6 is 23.2 Å². The van der Waals surface area contributed by atoms with Gasteiger partial charge in [-0.1, -0.05) is 29.3 Å². The number of amides is 1. The van der Waals surface area contributed by atoms with Crippen LogP contribution in [0.4, 0.5) is 10.2 Å². The lowest BCUT2D eigenvalue weighted by Gasteiger charge is -2.07. The monoisotopic (exact) mass is 442 g/mol. The lowest BCUT2D eigenvalue weighted by molar-refractivity contribution is -0.116. The third kappa shape index (κ3) is 4.45. The predicted octanol–water partition coefficient (Wildman–Crippen LogP) is 6.03. The fourth-order valence-electron chi connectivity index (χ4n) is 3.34. The molecule has 0 saturated heterocycles. The van der Waals surface area contributed by atoms with E-state index < -0.39 is 0 Å². The Hall–Kier alpha value is -2.96. The number of halogens is 3. The summed E-state index contributed by atoms with van der Waals surface area (Å²) in [6, 6.07) is 11.8. The molecule has 4 rings (SSSR count). The van der Waals surface area contributed by atoms with Crippen molar-refractivity contribution >= 4 is 45.8 Å². The number of carbonyl (C=O) groups excluding carboxylic acids is 1. The zero-order valence-electron chi connectivity index (χ0n) is 15.8. The summed E-state index contributed by atoms with van der Waals surface area (Å²) in [4.78, 5) is 24.1. The molecule has 1 amide bonds. The number of hydrogen-bond acceptors (Lipinski definition) is 3. The number of pyridine rings is 2. The van der Waals surface area contributed by atoms with E-state index in [9.17, 15) is 9.18 Å². The molecule has 5 nitrogen and oxygen atoms in total. The van der Waals surface area contributed by atoms with E-state index in [2.05, 4.69) is 20.3 Å². The summed E-state index contributed by atoms with van der Waals surface area (Å²) >= 11 is 11.9. The van der Waals surface area contributed by atoms with Crippen LogP contribution in [0.1, 0.15) is 18.4 Å². The minimum atomic E-state index is -0.309. The molecule has 1 aromatic carbocycles. The van der Waals surface area contributed by atoms with E-state index in [4.69, 9.17) is 23.2 Å². The van der Waals surface area contributed by atoms with Crippen LogP contribution in [0.5, 0.6) is 0 Å². The van der Waals surface area contributed by atoms with Gasteiger partial charge >= 0.3 is 0 Å². The van der Waals surface area contributed by atoms with Crippen molar-refractivity contribution in [2.24, 2.45) is 0 Å². The molecule has 0 unspecified atom stereocenters. The normalized spacial score (nSPS) is 11.0. The van der Waals surface area contributed by atoms with Gasteiger partial charge in [0.25, 0.3) is 0 Å². The lowest BCUT2D eigenvalue weighted by Crippen LogP contribution is -2.13. The maximum atomic E-state index is 13.9. The molecule has 30 heavy (non-hydrogen) atoms. The summed E-state index contributed by atoms with van der Waals surface area (Å²) in [7, 11) is 0. The highest BCUT2D eigenvalue weighted by Crippen LogP contribution is 2.31. The molecule has 0 bridgehead atoms. The molecule has 0 radical (unpaired) electrons. The Balaban J connectivity index is 1.52. The highest BCUT2D eigenvalue weighted by atomic mass is 35.5. The van der Waals surface area contributed by atoms with E-state index in [0.29, 0.717) is 17.9 Å². The number of aromatic amines is 1. The van der Waals surface area contributed by atoms with Crippen molar-refractivity contribution < 1.29 is 9.18 Å². The summed E-state index contributed by atoms with van der Waals surface area (Å²) in [6.45, 7) is 0. The average molecular weight is 443 g/mol. The van der Waals surface area contributed by atoms with Gasteiger partial charge in [-0.25, -0.2) is 9.37 Å². The lowest BCUT2D eigenvalue weighted by atomic mass is 10.0. The van der Waals surface area contributed by atoms with E-state index >= 15 is 0 Å². The maximum absolute atomic E-state index is 13.9. The molecule has 3 heterocycles. The Morgan fingerprint density at radius 2 is 2.00 bits per heavy atom. The Morgan fingerprint density at radius 3 is 2.77 bits per heavy atom. The molecule has 0 spiro atoms. The van der Waals surface area contributed by atoms with Crippen molar-refractivity contribution in [2.75, 3.05) is 5.32 Å². The largest absolute Gasteiger partial charge is 0.353 e. The van der Waals surface area contributed by atoms with Crippen LogP contribution in [0, 0.1) is 5.82 Å². The number of benzene rings is 1. The van der Waals surface area contributed by atoms with E-state index in [1.54, 1.807) is 12.3 Å². The quantitative estimate of drug-likeness (QED) is 0.382. The fraction of sp³-hybridized carbons (Fsp3) is 0.136. The van der Waals surface area contributed by atoms with E-state index in [1.165, 1.54) is 24.4 Å². The number of fused-ring (bicyclic) bond motifs is 1. The Kier molecular flexibility index (Phi) is 5.97. The number of aromatic nitrogens is 3. The number of hydrogen-bond donors (Lipinski definition) is 2. The van der Waals surface area contributed by atoms with Crippen molar-refractivity contribution in [1.82, 2.24) is 15.0 Å². The average Bonchev–Trinajstić information content (AvgIpc) is 3.08. The summed E-state index contributed by atoms with van der Waals surface area (Å²) in [6.07, 6.45) is 4.51. The van der Waals surface area contributed by atoms with Crippen LogP contribution in [0.3, 0.4) is 0 Å². The van der Waals surface area contributed by atoms with Gasteiger partial charge in [0.15, 0.2) is 5.82 Å². The summed E-state index contributed by atoms with van der Waals surface area (Å²) in [5.41, 5.74) is 3.36. The topological polar surface area (TPSA) is 70.7 Å². The second-order valence-electron chi connectivity index (χ2n) is 6.77. The third-order valence-corrected chi connectivity index (χ3v) is 5.18. The van der Waals surface area contributed by atoms with Crippen LogP contribution in [0.15, 0.2) is 54.9 Å². The Bertz CT molecular complexity index is 1210. The van der Waals surface area contributed by atoms with Crippen LogP contribution in [0.2, 0.25) is 10.0 Å². The molecule has 0 aliphatic heterocycles. The number of nitrogens with one attached hydrogen (secondary N) is 2. The minimum Gasteiger partial charge on any atom is -0.353 e. The van der Waals surface area contributed by atoms with Gasteiger partial charge < -0.3 is 10.3 Å². The van der Waals surface area contributed by atoms with Crippen LogP contribution in [-0.2, 0) is 11.2 Å². The van der Waals surface area contributed by atoms with E-state index in [0.717, 1.165) is 27.9 Å². The molecular formula is C22H17Cl2FN4O. The first-order valence-corrected chi connectivity index (χ1v) is 10.1. The van der Waals surface area contributed by atoms with Gasteiger partial charge in [-0.15, -0.1) is 0 Å². The maximum Gasteiger partial charge on any atom is 0.225 e. The number of nitrogens with zero attached hydrogens (tertiary/aromatic N) is 2. The van der Waals surface area contributed by atoms with E-state index in [-0.39, 0.29) is 29.0 Å². The molecule has 0 saturated carbocycles. The first-order chi connectivity index (χ1) is 14.5. The van der Waals surface area contributed by atoms with E-state index in [1.807, 2.05) is 18.2 Å². The molecule has 0 fully saturated rings. The highest BCUT2D eigenvalue weighted by molar-refractivity contribution is 6.36. The second-order valence-corrected chi connectivity index (χ2v) is 7.61. The van der Waals surface area contributed by atoms with Crippen molar-refractivity contribution in [3.8, 4) is 11.4 Å². The van der Waals surface area contributed by atoms with Gasteiger partial charge in [0.05, 0.1) is 21.4 Å². The molecule has 2 N–H and O–H groups in total. The third-order valence-electron chi connectivity index (χ3n) is 4.69. The summed E-state index contributed by atoms with van der Waals surface area (Å²) < 4.78 is 13.9.